The van der Waals surface area contributed by atoms with Crippen molar-refractivity contribution in [3.63, 3.8) is 0 Å². The molecule has 0 radical (unpaired) electrons. The predicted molar refractivity (Wildman–Crippen MR) is 87.7 cm³/mol. The van der Waals surface area contributed by atoms with Crippen LogP contribution < -0.4 is 10.5 Å². The number of ether oxygens (including phenoxy) is 1. The number of aryl methyl sites for hydroxylation is 1. The van der Waals surface area contributed by atoms with E-state index in [4.69, 9.17) is 10.5 Å². The maximum absolute atomic E-state index is 10.3. The molecule has 0 fully saturated rings. The zero-order valence-corrected chi connectivity index (χ0v) is 14.0. The van der Waals surface area contributed by atoms with Gasteiger partial charge in [-0.3, -0.25) is 5.10 Å². The summed E-state index contributed by atoms with van der Waals surface area (Å²) in [7, 11) is 0. The van der Waals surface area contributed by atoms with Crippen LogP contribution in [0.5, 0.6) is 11.6 Å². The number of H-pyrrole nitrogens is 1. The molecule has 2 heterocycles. The molecule has 0 amide bonds. The van der Waals surface area contributed by atoms with E-state index in [2.05, 4.69) is 39.1 Å². The van der Waals surface area contributed by atoms with Crippen LogP contribution in [0, 0.1) is 11.3 Å². The maximum atomic E-state index is 10.3. The van der Waals surface area contributed by atoms with Crippen LogP contribution in [0.3, 0.4) is 0 Å². The molecule has 1 aromatic heterocycles. The van der Waals surface area contributed by atoms with Crippen molar-refractivity contribution < 1.29 is 9.84 Å². The van der Waals surface area contributed by atoms with Gasteiger partial charge in [0.05, 0.1) is 11.5 Å². The fourth-order valence-electron chi connectivity index (χ4n) is 2.82. The number of fused-ring (bicyclic) bond motifs is 1. The first-order chi connectivity index (χ1) is 11.1. The number of benzene rings is 1. The lowest BCUT2D eigenvalue weighted by Crippen LogP contribution is -2.21. The van der Waals surface area contributed by atoms with Gasteiger partial charge in [0, 0.05) is 15.7 Å². The average molecular weight is 375 g/mol. The van der Waals surface area contributed by atoms with Crippen LogP contribution in [0.25, 0.3) is 0 Å². The zero-order valence-electron chi connectivity index (χ0n) is 12.4. The topological polar surface area (TPSA) is 108 Å². The number of nitrogens with zero attached hydrogens (tertiary/aromatic N) is 2. The van der Waals surface area contributed by atoms with Crippen LogP contribution in [-0.4, -0.2) is 15.3 Å². The average Bonchev–Trinajstić information content (AvgIpc) is 2.91. The molecule has 1 aliphatic heterocycles. The third kappa shape index (κ3) is 2.55. The van der Waals surface area contributed by atoms with Gasteiger partial charge in [-0.15, -0.1) is 5.10 Å². The van der Waals surface area contributed by atoms with Crippen molar-refractivity contribution >= 4 is 15.9 Å². The first-order valence-corrected chi connectivity index (χ1v) is 7.99. The van der Waals surface area contributed by atoms with Gasteiger partial charge >= 0.3 is 0 Å². The molecular weight excluding hydrogens is 360 g/mol. The van der Waals surface area contributed by atoms with Crippen molar-refractivity contribution in [3.05, 3.63) is 50.9 Å². The fourth-order valence-corrected chi connectivity index (χ4v) is 3.20. The van der Waals surface area contributed by atoms with Gasteiger partial charge in [-0.05, 0) is 24.6 Å². The first-order valence-electron chi connectivity index (χ1n) is 7.20. The van der Waals surface area contributed by atoms with E-state index >= 15 is 0 Å². The number of halogens is 1. The second-order valence-corrected chi connectivity index (χ2v) is 6.21. The summed E-state index contributed by atoms with van der Waals surface area (Å²) in [4.78, 5) is 0. The number of phenolic OH excluding ortho intramolecular Hbond substituents is 1. The molecule has 1 aromatic carbocycles. The standard InChI is InChI=1S/C16H15BrN4O2/c1-2-3-11-14-13(9-6-8(17)4-5-12(9)22)10(7-18)15(19)23-16(14)21-20-11/h4-6,13,22H,2-3,19H2,1H3,(H,20,21)/t13-/m0/s1. The van der Waals surface area contributed by atoms with E-state index in [1.165, 1.54) is 0 Å². The molecule has 7 heteroatoms. The largest absolute Gasteiger partial charge is 0.508 e. The van der Waals surface area contributed by atoms with Crippen LogP contribution in [-0.2, 0) is 6.42 Å². The smallest absolute Gasteiger partial charge is 0.244 e. The Kier molecular flexibility index (Phi) is 4.01. The quantitative estimate of drug-likeness (QED) is 0.764. The third-order valence-corrected chi connectivity index (χ3v) is 4.31. The molecule has 3 rings (SSSR count). The Hall–Kier alpha value is -2.46. The summed E-state index contributed by atoms with van der Waals surface area (Å²) < 4.78 is 6.28. The second-order valence-electron chi connectivity index (χ2n) is 5.30. The number of aromatic amines is 1. The number of nitrogens with two attached hydrogens (primary N) is 1. The summed E-state index contributed by atoms with van der Waals surface area (Å²) in [5.74, 6) is -0.0509. The van der Waals surface area contributed by atoms with Crippen molar-refractivity contribution in [3.8, 4) is 17.7 Å². The number of nitriles is 1. The van der Waals surface area contributed by atoms with E-state index in [9.17, 15) is 10.4 Å². The maximum Gasteiger partial charge on any atom is 0.244 e. The SMILES string of the molecule is CCCc1[nH]nc2c1[C@@H](c1cc(Br)ccc1O)C(C#N)=C(N)O2. The summed E-state index contributed by atoms with van der Waals surface area (Å²) in [5, 5.41) is 27.0. The lowest BCUT2D eigenvalue weighted by molar-refractivity contribution is 0.377. The van der Waals surface area contributed by atoms with Gasteiger partial charge in [0.2, 0.25) is 11.8 Å². The van der Waals surface area contributed by atoms with Gasteiger partial charge in [0.25, 0.3) is 0 Å². The normalized spacial score (nSPS) is 16.7. The van der Waals surface area contributed by atoms with Crippen molar-refractivity contribution in [1.29, 1.82) is 5.26 Å². The minimum Gasteiger partial charge on any atom is -0.508 e. The van der Waals surface area contributed by atoms with E-state index in [0.717, 1.165) is 28.6 Å². The van der Waals surface area contributed by atoms with Gasteiger partial charge in [0.1, 0.15) is 17.4 Å². The number of allylic oxidation sites excluding steroid dienone is 1. The highest BCUT2D eigenvalue weighted by Crippen LogP contribution is 2.46. The van der Waals surface area contributed by atoms with E-state index in [0.29, 0.717) is 11.4 Å². The Morgan fingerprint density at radius 2 is 2.30 bits per heavy atom. The number of hydrogen-bond donors (Lipinski definition) is 3. The van der Waals surface area contributed by atoms with Crippen LogP contribution in [0.4, 0.5) is 0 Å². The van der Waals surface area contributed by atoms with Gasteiger partial charge in [-0.1, -0.05) is 29.3 Å². The molecule has 0 saturated heterocycles. The molecule has 1 atom stereocenters. The molecule has 0 bridgehead atoms. The third-order valence-electron chi connectivity index (χ3n) is 3.82. The van der Waals surface area contributed by atoms with Gasteiger partial charge in [-0.2, -0.15) is 5.26 Å². The predicted octanol–water partition coefficient (Wildman–Crippen LogP) is 3.05. The summed E-state index contributed by atoms with van der Waals surface area (Å²) >= 11 is 3.40. The molecule has 0 saturated carbocycles. The molecule has 0 unspecified atom stereocenters. The number of aromatic hydroxyl groups is 1. The summed E-state index contributed by atoms with van der Waals surface area (Å²) in [6, 6.07) is 7.21. The molecular formula is C16H15BrN4O2. The van der Waals surface area contributed by atoms with E-state index in [1.54, 1.807) is 18.2 Å². The number of aromatic nitrogens is 2. The van der Waals surface area contributed by atoms with E-state index < -0.39 is 5.92 Å². The summed E-state index contributed by atoms with van der Waals surface area (Å²) in [6.07, 6.45) is 1.67. The highest BCUT2D eigenvalue weighted by molar-refractivity contribution is 9.10. The van der Waals surface area contributed by atoms with Crippen molar-refractivity contribution in [1.82, 2.24) is 10.2 Å². The summed E-state index contributed by atoms with van der Waals surface area (Å²) in [5.41, 5.74) is 8.38. The fraction of sp³-hybridized carbons (Fsp3) is 0.250. The minimum atomic E-state index is -0.512. The first kappa shape index (κ1) is 15.4. The van der Waals surface area contributed by atoms with E-state index in [1.807, 2.05) is 0 Å². The molecule has 0 spiro atoms. The Labute approximate surface area is 141 Å². The summed E-state index contributed by atoms with van der Waals surface area (Å²) in [6.45, 7) is 2.05. The second kappa shape index (κ2) is 5.97. The van der Waals surface area contributed by atoms with Gasteiger partial charge in [-0.25, -0.2) is 0 Å². The Bertz CT molecular complexity index is 835. The minimum absolute atomic E-state index is 0.0129. The number of hydrogen-bond acceptors (Lipinski definition) is 5. The Balaban J connectivity index is 2.26. The van der Waals surface area contributed by atoms with Gasteiger partial charge in [0.15, 0.2) is 0 Å². The van der Waals surface area contributed by atoms with Crippen LogP contribution in [0.1, 0.15) is 36.1 Å². The van der Waals surface area contributed by atoms with Gasteiger partial charge < -0.3 is 15.6 Å². The van der Waals surface area contributed by atoms with Crippen molar-refractivity contribution in [2.45, 2.75) is 25.7 Å². The number of phenols is 1. The number of nitrogens with one attached hydrogen (secondary N) is 1. The lowest BCUT2D eigenvalue weighted by Gasteiger charge is -2.24. The van der Waals surface area contributed by atoms with Crippen LogP contribution in [0.15, 0.2) is 34.1 Å². The van der Waals surface area contributed by atoms with Crippen LogP contribution >= 0.6 is 15.9 Å². The Morgan fingerprint density at radius 1 is 1.52 bits per heavy atom. The Morgan fingerprint density at radius 3 is 3.00 bits per heavy atom. The van der Waals surface area contributed by atoms with E-state index in [-0.39, 0.29) is 17.2 Å². The highest BCUT2D eigenvalue weighted by Gasteiger charge is 2.36. The molecule has 1 aliphatic rings. The molecule has 6 nitrogen and oxygen atoms in total. The monoisotopic (exact) mass is 374 g/mol. The van der Waals surface area contributed by atoms with Crippen LogP contribution in [0.2, 0.25) is 0 Å². The highest BCUT2D eigenvalue weighted by atomic mass is 79.9. The van der Waals surface area contributed by atoms with Crippen molar-refractivity contribution in [2.24, 2.45) is 5.73 Å². The van der Waals surface area contributed by atoms with Crippen molar-refractivity contribution in [2.75, 3.05) is 0 Å². The molecule has 23 heavy (non-hydrogen) atoms. The molecule has 0 aliphatic carbocycles. The molecule has 2 aromatic rings. The lowest BCUT2D eigenvalue weighted by atomic mass is 9.83. The zero-order chi connectivity index (χ0) is 16.6. The molecule has 4 N–H and O–H groups in total. The molecule has 118 valence electrons. The number of rotatable bonds is 3.